The number of aryl methyl sites for hydroxylation is 1. The Kier molecular flexibility index (Phi) is 7.34. The molecule has 2 aromatic rings. The van der Waals surface area contributed by atoms with Crippen LogP contribution < -0.4 is 29.0 Å². The molecule has 1 N–H and O–H groups in total. The van der Waals surface area contributed by atoms with Crippen LogP contribution >= 0.6 is 0 Å². The van der Waals surface area contributed by atoms with Crippen molar-refractivity contribution in [2.45, 2.75) is 6.92 Å². The van der Waals surface area contributed by atoms with Crippen molar-refractivity contribution in [2.24, 2.45) is 0 Å². The monoisotopic (exact) mass is 391 g/mol. The van der Waals surface area contributed by atoms with Crippen molar-refractivity contribution < 1.29 is 33.2 Å². The van der Waals surface area contributed by atoms with Crippen molar-refractivity contribution in [3.63, 3.8) is 0 Å². The van der Waals surface area contributed by atoms with Crippen LogP contribution in [0.1, 0.15) is 15.9 Å². The molecule has 0 heterocycles. The average Bonchev–Trinajstić information content (AvgIpc) is 2.72. The maximum absolute atomic E-state index is 12.9. The lowest BCUT2D eigenvalue weighted by atomic mass is 10.1. The molecule has 152 valence electrons. The van der Waals surface area contributed by atoms with E-state index in [4.69, 9.17) is 28.4 Å². The van der Waals surface area contributed by atoms with Gasteiger partial charge in [0.2, 0.25) is 5.75 Å². The molecule has 0 aromatic heterocycles. The minimum Gasteiger partial charge on any atom is -0.493 e. The van der Waals surface area contributed by atoms with E-state index in [1.54, 1.807) is 18.2 Å². The molecule has 2 rings (SSSR count). The minimum atomic E-state index is -0.377. The second kappa shape index (κ2) is 9.70. The van der Waals surface area contributed by atoms with Gasteiger partial charge < -0.3 is 33.7 Å². The zero-order valence-electron chi connectivity index (χ0n) is 16.9. The number of methoxy groups -OCH3 is 5. The van der Waals surface area contributed by atoms with Crippen LogP contribution in [0.25, 0.3) is 0 Å². The first kappa shape index (κ1) is 21.2. The van der Waals surface area contributed by atoms with E-state index in [1.165, 1.54) is 35.5 Å². The molecular weight excluding hydrogens is 366 g/mol. The molecule has 2 aromatic carbocycles. The molecule has 0 spiro atoms. The molecule has 8 nitrogen and oxygen atoms in total. The molecule has 0 atom stereocenters. The highest BCUT2D eigenvalue weighted by molar-refractivity contribution is 6.06. The Hall–Kier alpha value is -3.13. The summed E-state index contributed by atoms with van der Waals surface area (Å²) in [5.41, 5.74) is 1.61. The summed E-state index contributed by atoms with van der Waals surface area (Å²) in [6.07, 6.45) is 0. The number of nitrogens with one attached hydrogen (secondary N) is 1. The van der Waals surface area contributed by atoms with Gasteiger partial charge in [-0.15, -0.1) is 0 Å². The molecule has 0 saturated carbocycles. The molecule has 28 heavy (non-hydrogen) atoms. The molecule has 0 aliphatic carbocycles. The number of anilines is 1. The maximum atomic E-state index is 12.9. The second-order valence-electron chi connectivity index (χ2n) is 5.71. The third-order valence-corrected chi connectivity index (χ3v) is 4.04. The molecule has 0 unspecified atom stereocenters. The zero-order valence-corrected chi connectivity index (χ0v) is 16.9. The Morgan fingerprint density at radius 1 is 0.857 bits per heavy atom. The van der Waals surface area contributed by atoms with Crippen molar-refractivity contribution in [3.05, 3.63) is 35.4 Å². The number of carbonyl (C=O) groups excluding carboxylic acids is 1. The van der Waals surface area contributed by atoms with Gasteiger partial charge in [0.05, 0.1) is 34.1 Å². The molecule has 0 saturated heterocycles. The summed E-state index contributed by atoms with van der Waals surface area (Å²) in [5, 5.41) is 2.87. The third kappa shape index (κ3) is 4.40. The molecule has 1 amide bonds. The van der Waals surface area contributed by atoms with E-state index >= 15 is 0 Å². The van der Waals surface area contributed by atoms with E-state index in [0.29, 0.717) is 40.0 Å². The van der Waals surface area contributed by atoms with Crippen molar-refractivity contribution in [2.75, 3.05) is 47.7 Å². The molecule has 8 heteroatoms. The van der Waals surface area contributed by atoms with E-state index in [2.05, 4.69) is 5.32 Å². The Labute approximate surface area is 164 Å². The van der Waals surface area contributed by atoms with Crippen molar-refractivity contribution in [3.8, 4) is 28.7 Å². The number of rotatable bonds is 9. The Morgan fingerprint density at radius 3 is 1.96 bits per heavy atom. The second-order valence-corrected chi connectivity index (χ2v) is 5.71. The predicted octanol–water partition coefficient (Wildman–Crippen LogP) is 3.26. The third-order valence-electron chi connectivity index (χ3n) is 4.04. The molecule has 0 aliphatic heterocycles. The van der Waals surface area contributed by atoms with Gasteiger partial charge in [-0.25, -0.2) is 0 Å². The summed E-state index contributed by atoms with van der Waals surface area (Å²) < 4.78 is 31.9. The number of carbonyl (C=O) groups is 1. The average molecular weight is 391 g/mol. The smallest absolute Gasteiger partial charge is 0.256 e. The Morgan fingerprint density at radius 2 is 1.46 bits per heavy atom. The highest BCUT2D eigenvalue weighted by atomic mass is 16.7. The minimum absolute atomic E-state index is 0.00681. The van der Waals surface area contributed by atoms with Gasteiger partial charge in [0.15, 0.2) is 29.8 Å². The van der Waals surface area contributed by atoms with Crippen LogP contribution in [-0.2, 0) is 4.74 Å². The first-order chi connectivity index (χ1) is 13.5. The molecule has 0 aliphatic rings. The van der Waals surface area contributed by atoms with Gasteiger partial charge in [0.25, 0.3) is 5.91 Å². The number of hydrogen-bond acceptors (Lipinski definition) is 7. The molecule has 0 radical (unpaired) electrons. The van der Waals surface area contributed by atoms with Gasteiger partial charge in [-0.3, -0.25) is 4.79 Å². The molecular formula is C20H25NO7. The summed E-state index contributed by atoms with van der Waals surface area (Å²) in [6, 6.07) is 6.72. The largest absolute Gasteiger partial charge is 0.493 e. The van der Waals surface area contributed by atoms with Gasteiger partial charge in [0.1, 0.15) is 0 Å². The van der Waals surface area contributed by atoms with Crippen LogP contribution in [0.3, 0.4) is 0 Å². The maximum Gasteiger partial charge on any atom is 0.256 e. The van der Waals surface area contributed by atoms with Crippen LogP contribution in [0.5, 0.6) is 28.7 Å². The SMILES string of the molecule is COCOc1c(OC)ccc(C)c1NC(=O)c1cc(OC)c(OC)c(OC)c1. The Balaban J connectivity index is 2.45. The van der Waals surface area contributed by atoms with E-state index in [1.807, 2.05) is 13.0 Å². The first-order valence-electron chi connectivity index (χ1n) is 8.41. The highest BCUT2D eigenvalue weighted by Crippen LogP contribution is 2.40. The van der Waals surface area contributed by atoms with Crippen LogP contribution in [0.4, 0.5) is 5.69 Å². The first-order valence-corrected chi connectivity index (χ1v) is 8.41. The van der Waals surface area contributed by atoms with Crippen LogP contribution in [0.2, 0.25) is 0 Å². The van der Waals surface area contributed by atoms with Gasteiger partial charge in [-0.1, -0.05) is 6.07 Å². The lowest BCUT2D eigenvalue weighted by molar-refractivity contribution is 0.0496. The number of benzene rings is 2. The summed E-state index contributed by atoms with van der Waals surface area (Å²) in [7, 11) is 7.51. The van der Waals surface area contributed by atoms with E-state index < -0.39 is 0 Å². The van der Waals surface area contributed by atoms with Gasteiger partial charge in [0, 0.05) is 12.7 Å². The van der Waals surface area contributed by atoms with Crippen LogP contribution in [0.15, 0.2) is 24.3 Å². The van der Waals surface area contributed by atoms with Gasteiger partial charge in [-0.2, -0.15) is 0 Å². The molecule has 0 bridgehead atoms. The number of hydrogen-bond donors (Lipinski definition) is 1. The van der Waals surface area contributed by atoms with E-state index in [-0.39, 0.29) is 12.7 Å². The normalized spacial score (nSPS) is 10.2. The van der Waals surface area contributed by atoms with Crippen molar-refractivity contribution >= 4 is 11.6 Å². The summed E-state index contributed by atoms with van der Waals surface area (Å²) in [6.45, 7) is 1.86. The molecule has 0 fully saturated rings. The lowest BCUT2D eigenvalue weighted by Gasteiger charge is -2.18. The topological polar surface area (TPSA) is 84.5 Å². The van der Waals surface area contributed by atoms with E-state index in [0.717, 1.165) is 5.56 Å². The summed E-state index contributed by atoms with van der Waals surface area (Å²) in [5.74, 6) is 1.64. The number of amides is 1. The standard InChI is InChI=1S/C20H25NO7/c1-12-7-8-14(24-3)19(28-11-23-2)17(12)21-20(22)13-9-15(25-4)18(27-6)16(10-13)26-5/h7-10H,11H2,1-6H3,(H,21,22). The fourth-order valence-electron chi connectivity index (χ4n) is 2.64. The zero-order chi connectivity index (χ0) is 20.7. The fourth-order valence-corrected chi connectivity index (χ4v) is 2.64. The fraction of sp³-hybridized carbons (Fsp3) is 0.350. The van der Waals surface area contributed by atoms with Crippen molar-refractivity contribution in [1.29, 1.82) is 0 Å². The van der Waals surface area contributed by atoms with Gasteiger partial charge in [-0.05, 0) is 30.7 Å². The summed E-state index contributed by atoms with van der Waals surface area (Å²) in [4.78, 5) is 12.9. The lowest BCUT2D eigenvalue weighted by Crippen LogP contribution is -2.15. The van der Waals surface area contributed by atoms with E-state index in [9.17, 15) is 4.79 Å². The quantitative estimate of drug-likeness (QED) is 0.657. The predicted molar refractivity (Wildman–Crippen MR) is 104 cm³/mol. The highest BCUT2D eigenvalue weighted by Gasteiger charge is 2.20. The number of ether oxygens (including phenoxy) is 6. The van der Waals surface area contributed by atoms with Crippen LogP contribution in [0, 0.1) is 6.92 Å². The van der Waals surface area contributed by atoms with Crippen molar-refractivity contribution in [1.82, 2.24) is 0 Å². The van der Waals surface area contributed by atoms with Crippen LogP contribution in [-0.4, -0.2) is 48.2 Å². The Bertz CT molecular complexity index is 811. The van der Waals surface area contributed by atoms with Gasteiger partial charge >= 0.3 is 0 Å². The summed E-state index contributed by atoms with van der Waals surface area (Å²) >= 11 is 0.